The zero-order valence-electron chi connectivity index (χ0n) is 17.1. The van der Waals surface area contributed by atoms with Crippen LogP contribution in [0.25, 0.3) is 0 Å². The van der Waals surface area contributed by atoms with Crippen LogP contribution in [-0.4, -0.2) is 24.6 Å². The molecule has 0 amide bonds. The molecular weight excluding hydrogens is 328 g/mol. The predicted octanol–water partition coefficient (Wildman–Crippen LogP) is 5.96. The van der Waals surface area contributed by atoms with Crippen molar-refractivity contribution in [3.8, 4) is 0 Å². The molecule has 26 heavy (non-hydrogen) atoms. The van der Waals surface area contributed by atoms with E-state index in [1.807, 2.05) is 0 Å². The van der Waals surface area contributed by atoms with Gasteiger partial charge in [-0.2, -0.15) is 0 Å². The van der Waals surface area contributed by atoms with E-state index in [2.05, 4.69) is 13.8 Å². The van der Waals surface area contributed by atoms with Gasteiger partial charge in [0.1, 0.15) is 6.10 Å². The number of hydrogen-bond donors (Lipinski definition) is 0. The standard InChI is InChI=1S/C22H40O4/c1-3-4-5-6-7-8-13-18-25-21(23)16-11-12-17-22(24)26-20-15-10-9-14-19(20)2/h19-20H,3-18H2,1-2H3. The highest BCUT2D eigenvalue weighted by Gasteiger charge is 2.24. The Bertz CT molecular complexity index is 380. The first-order valence-electron chi connectivity index (χ1n) is 11.0. The van der Waals surface area contributed by atoms with Gasteiger partial charge in [0.05, 0.1) is 6.61 Å². The number of carbonyl (C=O) groups is 2. The van der Waals surface area contributed by atoms with Crippen molar-refractivity contribution in [2.45, 2.75) is 116 Å². The molecule has 1 aliphatic rings. The third-order valence-electron chi connectivity index (χ3n) is 5.34. The molecule has 4 heteroatoms. The molecule has 0 spiro atoms. The van der Waals surface area contributed by atoms with E-state index >= 15 is 0 Å². The lowest BCUT2D eigenvalue weighted by atomic mass is 9.88. The van der Waals surface area contributed by atoms with Crippen LogP contribution in [0.15, 0.2) is 0 Å². The minimum Gasteiger partial charge on any atom is -0.466 e. The molecule has 2 unspecified atom stereocenters. The van der Waals surface area contributed by atoms with E-state index in [4.69, 9.17) is 9.47 Å². The van der Waals surface area contributed by atoms with Gasteiger partial charge in [0.25, 0.3) is 0 Å². The Balaban J connectivity index is 1.92. The maximum Gasteiger partial charge on any atom is 0.306 e. The van der Waals surface area contributed by atoms with Gasteiger partial charge in [-0.05, 0) is 44.4 Å². The minimum absolute atomic E-state index is 0.100. The highest BCUT2D eigenvalue weighted by Crippen LogP contribution is 2.26. The first-order valence-corrected chi connectivity index (χ1v) is 11.0. The zero-order chi connectivity index (χ0) is 19.0. The van der Waals surface area contributed by atoms with Gasteiger partial charge in [-0.1, -0.05) is 58.8 Å². The molecule has 0 saturated heterocycles. The molecule has 0 N–H and O–H groups in total. The van der Waals surface area contributed by atoms with Gasteiger partial charge in [-0.15, -0.1) is 0 Å². The van der Waals surface area contributed by atoms with Crippen LogP contribution < -0.4 is 0 Å². The predicted molar refractivity (Wildman–Crippen MR) is 105 cm³/mol. The number of hydrogen-bond acceptors (Lipinski definition) is 4. The van der Waals surface area contributed by atoms with Gasteiger partial charge in [0, 0.05) is 12.8 Å². The van der Waals surface area contributed by atoms with Crippen molar-refractivity contribution in [3.05, 3.63) is 0 Å². The maximum absolute atomic E-state index is 11.9. The van der Waals surface area contributed by atoms with Crippen molar-refractivity contribution in [2.24, 2.45) is 5.92 Å². The van der Waals surface area contributed by atoms with E-state index in [1.165, 1.54) is 38.5 Å². The van der Waals surface area contributed by atoms with Crippen LogP contribution in [0.5, 0.6) is 0 Å². The first kappa shape index (κ1) is 23.0. The average molecular weight is 369 g/mol. The van der Waals surface area contributed by atoms with E-state index < -0.39 is 0 Å². The largest absolute Gasteiger partial charge is 0.466 e. The van der Waals surface area contributed by atoms with Crippen LogP contribution in [-0.2, 0) is 19.1 Å². The molecule has 4 nitrogen and oxygen atoms in total. The van der Waals surface area contributed by atoms with Crippen molar-refractivity contribution in [1.29, 1.82) is 0 Å². The molecule has 1 fully saturated rings. The Hall–Kier alpha value is -1.06. The van der Waals surface area contributed by atoms with Crippen LogP contribution >= 0.6 is 0 Å². The van der Waals surface area contributed by atoms with Crippen molar-refractivity contribution in [1.82, 2.24) is 0 Å². The summed E-state index contributed by atoms with van der Waals surface area (Å²) in [7, 11) is 0. The Morgan fingerprint density at radius 1 is 0.808 bits per heavy atom. The Kier molecular flexibility index (Phi) is 13.3. The van der Waals surface area contributed by atoms with E-state index in [9.17, 15) is 9.59 Å². The molecule has 0 aliphatic heterocycles. The summed E-state index contributed by atoms with van der Waals surface area (Å²) in [6, 6.07) is 0. The van der Waals surface area contributed by atoms with E-state index in [1.54, 1.807) is 0 Å². The molecule has 0 aromatic carbocycles. The molecular formula is C22H40O4. The fraction of sp³-hybridized carbons (Fsp3) is 0.909. The van der Waals surface area contributed by atoms with Crippen LogP contribution in [0.4, 0.5) is 0 Å². The lowest BCUT2D eigenvalue weighted by Crippen LogP contribution is -2.28. The molecule has 0 radical (unpaired) electrons. The fourth-order valence-corrected chi connectivity index (χ4v) is 3.54. The molecule has 152 valence electrons. The van der Waals surface area contributed by atoms with E-state index in [0.29, 0.717) is 38.2 Å². The number of rotatable bonds is 14. The molecule has 0 bridgehead atoms. The molecule has 1 saturated carbocycles. The van der Waals surface area contributed by atoms with Crippen LogP contribution in [0.1, 0.15) is 110 Å². The van der Waals surface area contributed by atoms with Crippen LogP contribution in [0.2, 0.25) is 0 Å². The molecule has 0 aromatic heterocycles. The van der Waals surface area contributed by atoms with Crippen molar-refractivity contribution < 1.29 is 19.1 Å². The molecule has 1 aliphatic carbocycles. The second-order valence-electron chi connectivity index (χ2n) is 7.84. The lowest BCUT2D eigenvalue weighted by Gasteiger charge is -2.28. The quantitative estimate of drug-likeness (QED) is 0.280. The molecule has 1 rings (SSSR count). The van der Waals surface area contributed by atoms with Gasteiger partial charge in [-0.25, -0.2) is 0 Å². The van der Waals surface area contributed by atoms with Gasteiger partial charge in [0.15, 0.2) is 0 Å². The molecule has 2 atom stereocenters. The molecule has 0 aromatic rings. The summed E-state index contributed by atoms with van der Waals surface area (Å²) in [6.45, 7) is 4.92. The van der Waals surface area contributed by atoms with Crippen molar-refractivity contribution in [2.75, 3.05) is 6.61 Å². The maximum atomic E-state index is 11.9. The average Bonchev–Trinajstić information content (AvgIpc) is 2.63. The smallest absolute Gasteiger partial charge is 0.306 e. The van der Waals surface area contributed by atoms with Crippen molar-refractivity contribution in [3.63, 3.8) is 0 Å². The number of ether oxygens (including phenoxy) is 2. The van der Waals surface area contributed by atoms with E-state index in [0.717, 1.165) is 32.1 Å². The third-order valence-corrected chi connectivity index (χ3v) is 5.34. The third kappa shape index (κ3) is 11.5. The summed E-state index contributed by atoms with van der Waals surface area (Å²) in [5, 5.41) is 0. The number of esters is 2. The second kappa shape index (κ2) is 15.0. The summed E-state index contributed by atoms with van der Waals surface area (Å²) < 4.78 is 10.8. The number of unbranched alkanes of at least 4 members (excludes halogenated alkanes) is 7. The Morgan fingerprint density at radius 3 is 2.12 bits per heavy atom. The summed E-state index contributed by atoms with van der Waals surface area (Å²) in [5.41, 5.74) is 0. The highest BCUT2D eigenvalue weighted by molar-refractivity contribution is 5.70. The van der Waals surface area contributed by atoms with E-state index in [-0.39, 0.29) is 18.0 Å². The summed E-state index contributed by atoms with van der Waals surface area (Å²) in [5.74, 6) is 0.236. The highest BCUT2D eigenvalue weighted by atomic mass is 16.5. The summed E-state index contributed by atoms with van der Waals surface area (Å²) in [6.07, 6.45) is 15.4. The lowest BCUT2D eigenvalue weighted by molar-refractivity contribution is -0.153. The number of carbonyl (C=O) groups excluding carboxylic acids is 2. The molecule has 0 heterocycles. The van der Waals surface area contributed by atoms with Gasteiger partial charge in [-0.3, -0.25) is 9.59 Å². The van der Waals surface area contributed by atoms with Crippen LogP contribution in [0, 0.1) is 5.92 Å². The summed E-state index contributed by atoms with van der Waals surface area (Å²) >= 11 is 0. The monoisotopic (exact) mass is 368 g/mol. The van der Waals surface area contributed by atoms with Gasteiger partial charge >= 0.3 is 11.9 Å². The second-order valence-corrected chi connectivity index (χ2v) is 7.84. The Morgan fingerprint density at radius 2 is 1.42 bits per heavy atom. The first-order chi connectivity index (χ1) is 12.6. The minimum atomic E-state index is -0.134. The van der Waals surface area contributed by atoms with Crippen molar-refractivity contribution >= 4 is 11.9 Å². The zero-order valence-corrected chi connectivity index (χ0v) is 17.1. The van der Waals surface area contributed by atoms with Gasteiger partial charge < -0.3 is 9.47 Å². The topological polar surface area (TPSA) is 52.6 Å². The van der Waals surface area contributed by atoms with Crippen LogP contribution in [0.3, 0.4) is 0 Å². The fourth-order valence-electron chi connectivity index (χ4n) is 3.54. The summed E-state index contributed by atoms with van der Waals surface area (Å²) in [4.78, 5) is 23.6. The Labute approximate surface area is 160 Å². The SMILES string of the molecule is CCCCCCCCCOC(=O)CCCCC(=O)OC1CCCCC1C. The van der Waals surface area contributed by atoms with Gasteiger partial charge in [0.2, 0.25) is 0 Å². The normalized spacial score (nSPS) is 19.9.